The lowest BCUT2D eigenvalue weighted by molar-refractivity contribution is -0.132. The van der Waals surface area contributed by atoms with E-state index in [0.717, 1.165) is 29.8 Å². The zero-order chi connectivity index (χ0) is 23.0. The third-order valence-electron chi connectivity index (χ3n) is 7.11. The highest BCUT2D eigenvalue weighted by Gasteiger charge is 2.53. The van der Waals surface area contributed by atoms with Gasteiger partial charge in [0.25, 0.3) is 0 Å². The first-order valence-corrected chi connectivity index (χ1v) is 11.8. The van der Waals surface area contributed by atoms with Crippen LogP contribution < -0.4 is 10.6 Å². The van der Waals surface area contributed by atoms with Crippen LogP contribution in [0.25, 0.3) is 0 Å². The largest absolute Gasteiger partial charge is 0.390 e. The molecule has 5 heteroatoms. The Balaban J connectivity index is 1.40. The molecular formula is C28H32N2O3. The minimum absolute atomic E-state index is 0.00115. The Hall–Kier alpha value is -2.73. The third-order valence-corrected chi connectivity index (χ3v) is 7.11. The van der Waals surface area contributed by atoms with Crippen molar-refractivity contribution in [1.29, 1.82) is 0 Å². The van der Waals surface area contributed by atoms with Crippen molar-refractivity contribution in [3.63, 3.8) is 0 Å². The Kier molecular flexibility index (Phi) is 5.95. The molecule has 33 heavy (non-hydrogen) atoms. The fourth-order valence-electron chi connectivity index (χ4n) is 5.35. The first-order chi connectivity index (χ1) is 15.9. The topological polar surface area (TPSA) is 70.6 Å². The first kappa shape index (κ1) is 22.1. The van der Waals surface area contributed by atoms with Crippen LogP contribution in [0.3, 0.4) is 0 Å². The minimum Gasteiger partial charge on any atom is -0.390 e. The van der Waals surface area contributed by atoms with Gasteiger partial charge in [-0.1, -0.05) is 60.7 Å². The van der Waals surface area contributed by atoms with Crippen LogP contribution in [-0.4, -0.2) is 47.3 Å². The third kappa shape index (κ3) is 4.41. The van der Waals surface area contributed by atoms with Crippen molar-refractivity contribution in [2.24, 2.45) is 5.92 Å². The van der Waals surface area contributed by atoms with Crippen LogP contribution in [0, 0.1) is 5.92 Å². The van der Waals surface area contributed by atoms with Gasteiger partial charge in [-0.2, -0.15) is 0 Å². The Morgan fingerprint density at radius 2 is 1.67 bits per heavy atom. The van der Waals surface area contributed by atoms with Crippen LogP contribution >= 0.6 is 0 Å². The molecule has 3 unspecified atom stereocenters. The zero-order valence-electron chi connectivity index (χ0n) is 19.2. The monoisotopic (exact) mass is 444 g/mol. The number of hydrogen-bond acceptors (Lipinski definition) is 5. The Morgan fingerprint density at radius 1 is 1.00 bits per heavy atom. The van der Waals surface area contributed by atoms with E-state index in [1.54, 1.807) is 6.08 Å². The van der Waals surface area contributed by atoms with Gasteiger partial charge in [0.1, 0.15) is 6.10 Å². The second-order valence-corrected chi connectivity index (χ2v) is 9.91. The van der Waals surface area contributed by atoms with Gasteiger partial charge in [0.15, 0.2) is 5.78 Å². The second-order valence-electron chi connectivity index (χ2n) is 9.91. The number of benzene rings is 2. The predicted molar refractivity (Wildman–Crippen MR) is 129 cm³/mol. The maximum absolute atomic E-state index is 12.9. The fraction of sp³-hybridized carbons (Fsp3) is 0.393. The van der Waals surface area contributed by atoms with Crippen LogP contribution in [0.4, 0.5) is 0 Å². The summed E-state index contributed by atoms with van der Waals surface area (Å²) in [5.41, 5.74) is 3.75. The van der Waals surface area contributed by atoms with Crippen molar-refractivity contribution >= 4 is 5.78 Å². The Labute approximate surface area is 195 Å². The van der Waals surface area contributed by atoms with Gasteiger partial charge in [-0.25, -0.2) is 0 Å². The smallest absolute Gasteiger partial charge is 0.185 e. The summed E-state index contributed by atoms with van der Waals surface area (Å²) in [6.07, 6.45) is 3.82. The lowest BCUT2D eigenvalue weighted by atomic mass is 9.77. The van der Waals surface area contributed by atoms with Crippen molar-refractivity contribution in [2.75, 3.05) is 6.54 Å². The number of aliphatic hydroxyl groups excluding tert-OH is 1. The molecule has 0 amide bonds. The fourth-order valence-corrected chi connectivity index (χ4v) is 5.35. The number of ketones is 1. The molecule has 1 fully saturated rings. The van der Waals surface area contributed by atoms with Crippen molar-refractivity contribution in [1.82, 2.24) is 10.6 Å². The molecule has 0 radical (unpaired) electrons. The van der Waals surface area contributed by atoms with E-state index >= 15 is 0 Å². The molecule has 1 aliphatic carbocycles. The summed E-state index contributed by atoms with van der Waals surface area (Å²) >= 11 is 0. The second kappa shape index (κ2) is 8.90. The molecule has 0 aromatic heterocycles. The zero-order valence-corrected chi connectivity index (χ0v) is 19.2. The van der Waals surface area contributed by atoms with Gasteiger partial charge in [-0.15, -0.1) is 0 Å². The molecule has 2 heterocycles. The highest BCUT2D eigenvalue weighted by molar-refractivity contribution is 5.96. The number of aliphatic hydroxyl groups is 1. The van der Waals surface area contributed by atoms with E-state index in [-0.39, 0.29) is 23.8 Å². The molecule has 0 saturated carbocycles. The molecular weight excluding hydrogens is 412 g/mol. The summed E-state index contributed by atoms with van der Waals surface area (Å²) in [4.78, 5) is 12.9. The van der Waals surface area contributed by atoms with Crippen LogP contribution in [-0.2, 0) is 22.4 Å². The van der Waals surface area contributed by atoms with Crippen molar-refractivity contribution in [3.05, 3.63) is 95.2 Å². The number of carbonyl (C=O) groups excluding carboxylic acids is 1. The molecule has 3 N–H and O–H groups in total. The van der Waals surface area contributed by atoms with Crippen molar-refractivity contribution in [2.45, 2.75) is 56.6 Å². The molecule has 3 aliphatic rings. The standard InChI is InChI=1S/C28H32N2O3/c1-28(2)27(32)24-21(30-28)16-20-17-22(31)23(15-19-11-7-4-8-12-19)33-26(20)25(24)29-14-13-18-9-5-3-6-10-18/h3-12,16-17,23-27,29-30,32H,13-15H2,1-2H3/t23?,24-,25?,26?,27+/m0/s1. The average molecular weight is 445 g/mol. The molecule has 2 aliphatic heterocycles. The summed E-state index contributed by atoms with van der Waals surface area (Å²) < 4.78 is 6.48. The van der Waals surface area contributed by atoms with Gasteiger partial charge in [-0.05, 0) is 55.7 Å². The number of rotatable bonds is 6. The van der Waals surface area contributed by atoms with Crippen LogP contribution in [0.5, 0.6) is 0 Å². The lowest BCUT2D eigenvalue weighted by Gasteiger charge is -2.42. The molecule has 5 nitrogen and oxygen atoms in total. The molecule has 2 aromatic carbocycles. The quantitative estimate of drug-likeness (QED) is 0.639. The van der Waals surface area contributed by atoms with Gasteiger partial charge in [0.2, 0.25) is 0 Å². The van der Waals surface area contributed by atoms with Gasteiger partial charge >= 0.3 is 0 Å². The molecule has 5 atom stereocenters. The first-order valence-electron chi connectivity index (χ1n) is 11.8. The van der Waals surface area contributed by atoms with Crippen LogP contribution in [0.15, 0.2) is 84.1 Å². The highest BCUT2D eigenvalue weighted by Crippen LogP contribution is 2.42. The molecule has 172 valence electrons. The normalized spacial score (nSPS) is 30.0. The van der Waals surface area contributed by atoms with Gasteiger partial charge < -0.3 is 20.5 Å². The molecule has 0 spiro atoms. The average Bonchev–Trinajstić information content (AvgIpc) is 3.03. The minimum atomic E-state index is -0.562. The maximum atomic E-state index is 12.9. The predicted octanol–water partition coefficient (Wildman–Crippen LogP) is 2.95. The number of ether oxygens (including phenoxy) is 1. The molecule has 0 bridgehead atoms. The summed E-state index contributed by atoms with van der Waals surface area (Å²) in [7, 11) is 0. The van der Waals surface area contributed by atoms with E-state index in [1.165, 1.54) is 5.56 Å². The van der Waals surface area contributed by atoms with Gasteiger partial charge in [0.05, 0.1) is 17.7 Å². The number of nitrogens with one attached hydrogen (secondary N) is 2. The molecule has 5 rings (SSSR count). The van der Waals surface area contributed by atoms with Crippen molar-refractivity contribution in [3.8, 4) is 0 Å². The summed E-state index contributed by atoms with van der Waals surface area (Å²) in [6.45, 7) is 4.79. The number of fused-ring (bicyclic) bond motifs is 2. The van der Waals surface area contributed by atoms with E-state index in [4.69, 9.17) is 4.74 Å². The van der Waals surface area contributed by atoms with Gasteiger partial charge in [0, 0.05) is 24.1 Å². The summed E-state index contributed by atoms with van der Waals surface area (Å²) in [5.74, 6) is -0.121. The summed E-state index contributed by atoms with van der Waals surface area (Å²) in [6, 6.07) is 20.2. The van der Waals surface area contributed by atoms with Crippen molar-refractivity contribution < 1.29 is 14.6 Å². The van der Waals surface area contributed by atoms with E-state index < -0.39 is 17.7 Å². The van der Waals surface area contributed by atoms with Crippen LogP contribution in [0.1, 0.15) is 25.0 Å². The van der Waals surface area contributed by atoms with E-state index in [2.05, 4.69) is 34.9 Å². The molecule has 2 aromatic rings. The number of hydrogen-bond donors (Lipinski definition) is 3. The SMILES string of the molecule is CC1(C)NC2=CC3=CC(=O)C(Cc4ccccc4)OC3C(NCCc3ccccc3)[C@H]2[C@H]1O. The van der Waals surface area contributed by atoms with E-state index in [1.807, 2.05) is 56.3 Å². The summed E-state index contributed by atoms with van der Waals surface area (Å²) in [5, 5.41) is 18.4. The van der Waals surface area contributed by atoms with Gasteiger partial charge in [-0.3, -0.25) is 4.79 Å². The van der Waals surface area contributed by atoms with Crippen LogP contribution in [0.2, 0.25) is 0 Å². The molecule has 1 saturated heterocycles. The highest BCUT2D eigenvalue weighted by atomic mass is 16.5. The number of carbonyl (C=O) groups is 1. The maximum Gasteiger partial charge on any atom is 0.185 e. The van der Waals surface area contributed by atoms with E-state index in [9.17, 15) is 9.90 Å². The lowest BCUT2D eigenvalue weighted by Crippen LogP contribution is -2.56. The Morgan fingerprint density at radius 3 is 2.36 bits per heavy atom. The Bertz CT molecular complexity index is 1060. The van der Waals surface area contributed by atoms with E-state index in [0.29, 0.717) is 6.42 Å².